The van der Waals surface area contributed by atoms with Crippen molar-refractivity contribution >= 4 is 130 Å². The van der Waals surface area contributed by atoms with Gasteiger partial charge in [0, 0.05) is 65.9 Å². The summed E-state index contributed by atoms with van der Waals surface area (Å²) in [5, 5.41) is 23.9. The average molecular weight is 911 g/mol. The predicted octanol–water partition coefficient (Wildman–Crippen LogP) is 18.5. The fraction of sp³-hybridized carbons (Fsp3) is 0. The summed E-state index contributed by atoms with van der Waals surface area (Å²) in [4.78, 5) is 19.9. The number of benzene rings is 12. The highest BCUT2D eigenvalue weighted by atomic mass is 14.8. The Labute approximate surface area is 411 Å². The van der Waals surface area contributed by atoms with E-state index in [1.165, 1.54) is 108 Å². The van der Waals surface area contributed by atoms with Crippen LogP contribution in [0.3, 0.4) is 0 Å². The zero-order valence-electron chi connectivity index (χ0n) is 38.7. The van der Waals surface area contributed by atoms with Crippen LogP contribution in [-0.2, 0) is 0 Å². The van der Waals surface area contributed by atoms with Crippen LogP contribution in [-0.4, -0.2) is 19.9 Å². The minimum Gasteiger partial charge on any atom is -0.354 e. The van der Waals surface area contributed by atoms with Crippen molar-refractivity contribution in [1.82, 2.24) is 19.9 Å². The number of H-pyrrole nitrogens is 2. The third kappa shape index (κ3) is 4.99. The highest BCUT2D eigenvalue weighted by Gasteiger charge is 2.27. The van der Waals surface area contributed by atoms with Gasteiger partial charge in [0.15, 0.2) is 0 Å². The lowest BCUT2D eigenvalue weighted by Gasteiger charge is -2.12. The first kappa shape index (κ1) is 38.2. The Morgan fingerprint density at radius 2 is 0.361 bits per heavy atom. The quantitative estimate of drug-likeness (QED) is 0.149. The summed E-state index contributed by atoms with van der Waals surface area (Å²) in [6.07, 6.45) is 0. The normalized spacial score (nSPS) is 12.4. The molecule has 4 nitrogen and oxygen atoms in total. The van der Waals surface area contributed by atoms with Crippen molar-refractivity contribution in [2.24, 2.45) is 0 Å². The lowest BCUT2D eigenvalue weighted by molar-refractivity contribution is 1.40. The number of fused-ring (bicyclic) bond motifs is 40. The average Bonchev–Trinajstić information content (AvgIpc) is 4.20. The molecule has 0 saturated carbocycles. The van der Waals surface area contributed by atoms with E-state index < -0.39 is 0 Å². The molecule has 0 spiro atoms. The van der Waals surface area contributed by atoms with Gasteiger partial charge in [-0.05, 0) is 110 Å². The van der Waals surface area contributed by atoms with Crippen molar-refractivity contribution < 1.29 is 0 Å². The van der Waals surface area contributed by atoms with Crippen LogP contribution in [0.25, 0.3) is 175 Å². The Hall–Kier alpha value is -9.64. The van der Waals surface area contributed by atoms with E-state index in [-0.39, 0.29) is 0 Å². The summed E-state index contributed by atoms with van der Waals surface area (Å²) in [7, 11) is 0. The minimum absolute atomic E-state index is 0.923. The number of hydrogen-bond acceptors (Lipinski definition) is 2. The maximum atomic E-state index is 5.83. The molecule has 3 aromatic heterocycles. The first-order valence-corrected chi connectivity index (χ1v) is 24.8. The third-order valence-corrected chi connectivity index (χ3v) is 16.0. The lowest BCUT2D eigenvalue weighted by Crippen LogP contribution is -1.86. The van der Waals surface area contributed by atoms with E-state index in [1.54, 1.807) is 0 Å². The van der Waals surface area contributed by atoms with E-state index in [1.807, 2.05) is 0 Å². The zero-order valence-corrected chi connectivity index (χ0v) is 38.7. The van der Waals surface area contributed by atoms with Gasteiger partial charge in [-0.2, -0.15) is 0 Å². The van der Waals surface area contributed by atoms with Gasteiger partial charge in [-0.15, -0.1) is 0 Å². The smallest absolute Gasteiger partial charge is 0.0743 e. The van der Waals surface area contributed by atoms with Crippen LogP contribution in [0.2, 0.25) is 0 Å². The van der Waals surface area contributed by atoms with Crippen molar-refractivity contribution in [2.45, 2.75) is 0 Å². The molecule has 15 aromatic rings. The molecule has 0 amide bonds. The van der Waals surface area contributed by atoms with Crippen LogP contribution in [0, 0.1) is 0 Å². The van der Waals surface area contributed by atoms with Crippen molar-refractivity contribution in [1.29, 1.82) is 0 Å². The van der Waals surface area contributed by atoms with Gasteiger partial charge in [-0.1, -0.05) is 194 Å². The second-order valence-electron chi connectivity index (χ2n) is 19.6. The summed E-state index contributed by atoms with van der Waals surface area (Å²) >= 11 is 0. The number of hydrogen-bond donors (Lipinski definition) is 2. The van der Waals surface area contributed by atoms with Gasteiger partial charge in [0.25, 0.3) is 0 Å². The van der Waals surface area contributed by atoms with Crippen LogP contribution in [0.1, 0.15) is 0 Å². The summed E-state index contributed by atoms with van der Waals surface area (Å²) in [6, 6.07) is 80.3. The van der Waals surface area contributed by atoms with Crippen LogP contribution in [0.15, 0.2) is 218 Å². The molecular formula is C68H38N4. The molecule has 4 heteroatoms. The highest BCUT2D eigenvalue weighted by molar-refractivity contribution is 6.36. The first-order valence-electron chi connectivity index (χ1n) is 24.8. The molecule has 0 saturated heterocycles. The van der Waals surface area contributed by atoms with E-state index in [4.69, 9.17) is 9.97 Å². The number of nitrogens with one attached hydrogen (secondary N) is 2. The molecule has 72 heavy (non-hydrogen) atoms. The van der Waals surface area contributed by atoms with E-state index in [0.29, 0.717) is 0 Å². The molecule has 330 valence electrons. The maximum Gasteiger partial charge on any atom is 0.0743 e. The first-order chi connectivity index (χ1) is 35.7. The standard InChI is InChI=1S/C68H38N4/c1-9-25-45-37(17-1)38-18-2-10-26-46(38)62-54-34-56-64-48-28-12-4-21-41(48)42-22-6-14-30-50(42)66(64)58(71-56)36-60-68-52-32-16-8-24-44(52)43-23-7-15-31-51(43)67(68)59(72-60)35-57-65-49-29-13-5-20-40(49)39-19-3-11-27-47(39)63(65)55(70-57)33-53(69-54)61(45)62/h1-36,69,72H. The highest BCUT2D eigenvalue weighted by Crippen LogP contribution is 2.51. The Morgan fingerprint density at radius 1 is 0.194 bits per heavy atom. The maximum absolute atomic E-state index is 5.83. The molecule has 0 aliphatic carbocycles. The SMILES string of the molecule is c1ccc2c(c1)c1c(c3ccccc32)-c2cc3[nH]c(cc4nc(cc5[nH]c(cc-1n2)c1c2ccccc2c2ccccc2c51)-c1c-4c2ccccc2c2ccccc12)c1c2ccccc2c2ccccc2c31. The van der Waals surface area contributed by atoms with Crippen LogP contribution in [0.4, 0.5) is 0 Å². The van der Waals surface area contributed by atoms with Crippen molar-refractivity contribution in [3.05, 3.63) is 218 Å². The number of rotatable bonds is 0. The van der Waals surface area contributed by atoms with E-state index in [9.17, 15) is 0 Å². The molecule has 12 aromatic carbocycles. The Balaban J connectivity index is 1.17. The van der Waals surface area contributed by atoms with Gasteiger partial charge in [0.05, 0.1) is 22.8 Å². The van der Waals surface area contributed by atoms with Gasteiger partial charge in [0.1, 0.15) is 0 Å². The summed E-state index contributed by atoms with van der Waals surface area (Å²) < 4.78 is 0. The lowest BCUT2D eigenvalue weighted by atomic mass is 9.89. The van der Waals surface area contributed by atoms with Gasteiger partial charge in [0.2, 0.25) is 0 Å². The molecule has 0 unspecified atom stereocenters. The van der Waals surface area contributed by atoms with E-state index in [2.05, 4.69) is 228 Å². The third-order valence-electron chi connectivity index (χ3n) is 16.0. The number of aromatic nitrogens is 4. The van der Waals surface area contributed by atoms with Crippen molar-refractivity contribution in [3.63, 3.8) is 0 Å². The molecule has 2 aliphatic rings. The molecule has 17 rings (SSSR count). The molecule has 8 bridgehead atoms. The Kier molecular flexibility index (Phi) is 7.44. The van der Waals surface area contributed by atoms with Crippen LogP contribution >= 0.6 is 0 Å². The van der Waals surface area contributed by atoms with Gasteiger partial charge in [-0.3, -0.25) is 0 Å². The summed E-state index contributed by atoms with van der Waals surface area (Å²) in [5.41, 5.74) is 12.3. The molecule has 5 heterocycles. The van der Waals surface area contributed by atoms with E-state index >= 15 is 0 Å². The molecule has 0 radical (unpaired) electrons. The monoisotopic (exact) mass is 910 g/mol. The van der Waals surface area contributed by atoms with Gasteiger partial charge >= 0.3 is 0 Å². The molecule has 0 atom stereocenters. The second-order valence-corrected chi connectivity index (χ2v) is 19.6. The number of nitrogens with zero attached hydrogens (tertiary/aromatic N) is 2. The number of aromatic amines is 2. The molecule has 2 aliphatic heterocycles. The van der Waals surface area contributed by atoms with Crippen LogP contribution < -0.4 is 0 Å². The fourth-order valence-corrected chi connectivity index (χ4v) is 13.2. The van der Waals surface area contributed by atoms with Gasteiger partial charge < -0.3 is 9.97 Å². The molecule has 0 fully saturated rings. The Bertz CT molecular complexity index is 4530. The zero-order chi connectivity index (χ0) is 46.8. The largest absolute Gasteiger partial charge is 0.354 e. The molecule has 2 N–H and O–H groups in total. The van der Waals surface area contributed by atoms with Crippen molar-refractivity contribution in [2.75, 3.05) is 0 Å². The second kappa shape index (κ2) is 14.0. The van der Waals surface area contributed by atoms with Crippen molar-refractivity contribution in [3.8, 4) is 45.0 Å². The topological polar surface area (TPSA) is 57.4 Å². The summed E-state index contributed by atoms with van der Waals surface area (Å²) in [6.45, 7) is 0. The van der Waals surface area contributed by atoms with Gasteiger partial charge in [-0.25, -0.2) is 9.97 Å². The molecular weight excluding hydrogens is 873 g/mol. The fourth-order valence-electron chi connectivity index (χ4n) is 13.2. The minimum atomic E-state index is 0.923. The Morgan fingerprint density at radius 3 is 0.569 bits per heavy atom. The predicted molar refractivity (Wildman–Crippen MR) is 305 cm³/mol. The summed E-state index contributed by atoms with van der Waals surface area (Å²) in [5.74, 6) is 0. The van der Waals surface area contributed by atoms with E-state index in [0.717, 1.165) is 67.1 Å². The van der Waals surface area contributed by atoms with Crippen LogP contribution in [0.5, 0.6) is 0 Å².